The molecule has 2 aromatic rings. The van der Waals surface area contributed by atoms with Crippen molar-refractivity contribution in [3.05, 3.63) is 71.3 Å². The molecule has 0 aliphatic heterocycles. The summed E-state index contributed by atoms with van der Waals surface area (Å²) in [5, 5.41) is 3.91. The third-order valence-corrected chi connectivity index (χ3v) is 3.30. The molecule has 0 bridgehead atoms. The van der Waals surface area contributed by atoms with Crippen molar-refractivity contribution < 1.29 is 19.1 Å². The van der Waals surface area contributed by atoms with Crippen LogP contribution in [0.3, 0.4) is 0 Å². The maximum atomic E-state index is 12.1. The molecule has 6 heteroatoms. The molecule has 0 saturated carbocycles. The fourth-order valence-corrected chi connectivity index (χ4v) is 2.07. The number of esters is 1. The molecule has 0 unspecified atom stereocenters. The fourth-order valence-electron chi connectivity index (χ4n) is 2.07. The molecule has 1 amide bonds. The third-order valence-electron chi connectivity index (χ3n) is 3.30. The van der Waals surface area contributed by atoms with E-state index in [2.05, 4.69) is 15.3 Å². The molecule has 0 fully saturated rings. The van der Waals surface area contributed by atoms with Crippen LogP contribution in [0.5, 0.6) is 0 Å². The van der Waals surface area contributed by atoms with Gasteiger partial charge < -0.3 is 9.47 Å². The van der Waals surface area contributed by atoms with Gasteiger partial charge >= 0.3 is 5.97 Å². The van der Waals surface area contributed by atoms with Gasteiger partial charge in [-0.2, -0.15) is 5.10 Å². The van der Waals surface area contributed by atoms with E-state index in [-0.39, 0.29) is 5.91 Å². The summed E-state index contributed by atoms with van der Waals surface area (Å²) in [4.78, 5) is 23.5. The quantitative estimate of drug-likeness (QED) is 0.502. The van der Waals surface area contributed by atoms with E-state index in [0.29, 0.717) is 5.56 Å². The smallest absolute Gasteiger partial charge is 0.337 e. The zero-order valence-corrected chi connectivity index (χ0v) is 13.4. The van der Waals surface area contributed by atoms with Crippen LogP contribution in [0.15, 0.2) is 59.7 Å². The van der Waals surface area contributed by atoms with Gasteiger partial charge in [0.25, 0.3) is 5.91 Å². The lowest BCUT2D eigenvalue weighted by Crippen LogP contribution is -2.26. The lowest BCUT2D eigenvalue weighted by Gasteiger charge is -2.13. The number of methoxy groups -OCH3 is 2. The first kappa shape index (κ1) is 17.4. The number of hydrogen-bond acceptors (Lipinski definition) is 5. The van der Waals surface area contributed by atoms with E-state index in [4.69, 9.17) is 4.74 Å². The second kappa shape index (κ2) is 8.59. The minimum atomic E-state index is -0.731. The number of hydrazone groups is 1. The van der Waals surface area contributed by atoms with Crippen LogP contribution in [0.25, 0.3) is 0 Å². The normalized spacial score (nSPS) is 11.9. The average molecular weight is 326 g/mol. The number of nitrogens with zero attached hydrogens (tertiary/aromatic N) is 1. The molecule has 0 spiro atoms. The van der Waals surface area contributed by atoms with E-state index < -0.39 is 12.1 Å². The number of benzene rings is 2. The summed E-state index contributed by atoms with van der Waals surface area (Å²) in [5.74, 6) is -0.774. The minimum Gasteiger partial charge on any atom is -0.465 e. The molecule has 0 saturated heterocycles. The highest BCUT2D eigenvalue weighted by molar-refractivity contribution is 5.91. The van der Waals surface area contributed by atoms with Crippen LogP contribution < -0.4 is 5.43 Å². The van der Waals surface area contributed by atoms with Gasteiger partial charge in [-0.1, -0.05) is 42.5 Å². The summed E-state index contributed by atoms with van der Waals surface area (Å²) in [7, 11) is 2.79. The predicted molar refractivity (Wildman–Crippen MR) is 89.7 cm³/mol. The van der Waals surface area contributed by atoms with Gasteiger partial charge in [-0.15, -0.1) is 0 Å². The summed E-state index contributed by atoms with van der Waals surface area (Å²) in [5.41, 5.74) is 4.37. The Bertz CT molecular complexity index is 712. The van der Waals surface area contributed by atoms with E-state index in [1.807, 2.05) is 30.3 Å². The second-order valence-electron chi connectivity index (χ2n) is 4.87. The summed E-state index contributed by atoms with van der Waals surface area (Å²) >= 11 is 0. The zero-order chi connectivity index (χ0) is 17.4. The molecule has 0 aliphatic carbocycles. The number of hydrogen-bond donors (Lipinski definition) is 1. The third kappa shape index (κ3) is 4.50. The molecule has 6 nitrogen and oxygen atoms in total. The first-order valence-corrected chi connectivity index (χ1v) is 7.24. The summed E-state index contributed by atoms with van der Waals surface area (Å²) < 4.78 is 9.84. The highest BCUT2D eigenvalue weighted by Gasteiger charge is 2.19. The Hall–Kier alpha value is -2.99. The molecule has 124 valence electrons. The van der Waals surface area contributed by atoms with Crippen LogP contribution >= 0.6 is 0 Å². The molecule has 0 aromatic heterocycles. The van der Waals surface area contributed by atoms with Crippen LogP contribution in [0.4, 0.5) is 0 Å². The minimum absolute atomic E-state index is 0.369. The highest BCUT2D eigenvalue weighted by Crippen LogP contribution is 2.16. The Labute approximate surface area is 140 Å². The second-order valence-corrected chi connectivity index (χ2v) is 4.87. The Kier molecular flexibility index (Phi) is 6.22. The van der Waals surface area contributed by atoms with Crippen molar-refractivity contribution in [1.82, 2.24) is 5.43 Å². The molecule has 1 atom stereocenters. The summed E-state index contributed by atoms with van der Waals surface area (Å²) in [6, 6.07) is 15.8. The number of rotatable bonds is 6. The molecule has 24 heavy (non-hydrogen) atoms. The molecular weight excluding hydrogens is 308 g/mol. The molecule has 0 aliphatic rings. The predicted octanol–water partition coefficient (Wildman–Crippen LogP) is 2.31. The highest BCUT2D eigenvalue weighted by atomic mass is 16.5. The van der Waals surface area contributed by atoms with Crippen molar-refractivity contribution in [1.29, 1.82) is 0 Å². The first-order valence-electron chi connectivity index (χ1n) is 7.24. The Balaban J connectivity index is 1.97. The maximum Gasteiger partial charge on any atom is 0.337 e. The van der Waals surface area contributed by atoms with E-state index >= 15 is 0 Å². The van der Waals surface area contributed by atoms with Crippen molar-refractivity contribution in [2.75, 3.05) is 14.2 Å². The van der Waals surface area contributed by atoms with Gasteiger partial charge in [-0.25, -0.2) is 10.2 Å². The number of nitrogens with one attached hydrogen (secondary N) is 1. The number of carbonyl (C=O) groups excluding carboxylic acids is 2. The monoisotopic (exact) mass is 326 g/mol. The lowest BCUT2D eigenvalue weighted by molar-refractivity contribution is -0.131. The SMILES string of the molecule is COC(=O)c1ccc(/C=N\NC(=O)[C@@H](OC)c2ccccc2)cc1. The van der Waals surface area contributed by atoms with Gasteiger partial charge in [0.05, 0.1) is 18.9 Å². The van der Waals surface area contributed by atoms with Crippen LogP contribution in [-0.4, -0.2) is 32.3 Å². The van der Waals surface area contributed by atoms with Gasteiger partial charge in [-0.3, -0.25) is 4.79 Å². The summed E-state index contributed by atoms with van der Waals surface area (Å²) in [6.07, 6.45) is 0.751. The molecular formula is C18H18N2O4. The Morgan fingerprint density at radius 1 is 1.04 bits per heavy atom. The largest absolute Gasteiger partial charge is 0.465 e. The number of ether oxygens (including phenoxy) is 2. The molecule has 2 aromatic carbocycles. The number of amides is 1. The Morgan fingerprint density at radius 3 is 2.29 bits per heavy atom. The van der Waals surface area contributed by atoms with Crippen LogP contribution in [0.1, 0.15) is 27.6 Å². The molecule has 2 rings (SSSR count). The van der Waals surface area contributed by atoms with Crippen molar-refractivity contribution >= 4 is 18.1 Å². The van der Waals surface area contributed by atoms with Gasteiger partial charge in [-0.05, 0) is 23.3 Å². The van der Waals surface area contributed by atoms with Gasteiger partial charge in [0.15, 0.2) is 6.10 Å². The van der Waals surface area contributed by atoms with Crippen molar-refractivity contribution in [2.24, 2.45) is 5.10 Å². The van der Waals surface area contributed by atoms with Crippen molar-refractivity contribution in [2.45, 2.75) is 6.10 Å². The van der Waals surface area contributed by atoms with Gasteiger partial charge in [0, 0.05) is 7.11 Å². The standard InChI is InChI=1S/C18H18N2O4/c1-23-16(14-6-4-3-5-7-14)17(21)20-19-12-13-8-10-15(11-9-13)18(22)24-2/h3-12,16H,1-2H3,(H,20,21)/b19-12-/t16-/m0/s1. The van der Waals surface area contributed by atoms with Gasteiger partial charge in [0.2, 0.25) is 0 Å². The van der Waals surface area contributed by atoms with Crippen LogP contribution in [0.2, 0.25) is 0 Å². The average Bonchev–Trinajstić information content (AvgIpc) is 2.63. The first-order chi connectivity index (χ1) is 11.7. The van der Waals surface area contributed by atoms with Crippen LogP contribution in [0, 0.1) is 0 Å². The molecule has 1 N–H and O–H groups in total. The molecule has 0 radical (unpaired) electrons. The Morgan fingerprint density at radius 2 is 1.71 bits per heavy atom. The van der Waals surface area contributed by atoms with Crippen molar-refractivity contribution in [3.63, 3.8) is 0 Å². The number of carbonyl (C=O) groups is 2. The lowest BCUT2D eigenvalue weighted by atomic mass is 10.1. The summed E-state index contributed by atoms with van der Waals surface area (Å²) in [6.45, 7) is 0. The van der Waals surface area contributed by atoms with E-state index in [0.717, 1.165) is 11.1 Å². The van der Waals surface area contributed by atoms with E-state index in [1.54, 1.807) is 24.3 Å². The maximum absolute atomic E-state index is 12.1. The van der Waals surface area contributed by atoms with Crippen LogP contribution in [-0.2, 0) is 14.3 Å². The molecule has 0 heterocycles. The van der Waals surface area contributed by atoms with Gasteiger partial charge in [0.1, 0.15) is 0 Å². The van der Waals surface area contributed by atoms with E-state index in [9.17, 15) is 9.59 Å². The fraction of sp³-hybridized carbons (Fsp3) is 0.167. The van der Waals surface area contributed by atoms with E-state index in [1.165, 1.54) is 20.4 Å². The topological polar surface area (TPSA) is 77.0 Å². The van der Waals surface area contributed by atoms with Crippen molar-refractivity contribution in [3.8, 4) is 0 Å². The zero-order valence-electron chi connectivity index (χ0n) is 13.4.